The lowest BCUT2D eigenvalue weighted by Gasteiger charge is -2.42. The molecule has 384 valence electrons. The molecule has 2 fully saturated rings. The first-order chi connectivity index (χ1) is 32.0. The fraction of sp³-hybridized carbons (Fsp3) is 0.843. The summed E-state index contributed by atoms with van der Waals surface area (Å²) in [5, 5.41) is 72.0. The van der Waals surface area contributed by atoms with E-state index < -0.39 is 92.7 Å². The fourth-order valence-corrected chi connectivity index (χ4v) is 7.85. The molecule has 0 aromatic rings. The van der Waals surface area contributed by atoms with E-state index in [-0.39, 0.29) is 26.1 Å². The van der Waals surface area contributed by atoms with E-state index in [1.165, 1.54) is 70.6 Å². The zero-order chi connectivity index (χ0) is 48.2. The van der Waals surface area contributed by atoms with Crippen LogP contribution in [0.25, 0.3) is 0 Å². The Morgan fingerprint density at radius 3 is 1.42 bits per heavy atom. The summed E-state index contributed by atoms with van der Waals surface area (Å²) in [5.41, 5.74) is 0. The maximum atomic E-state index is 13.0. The van der Waals surface area contributed by atoms with E-state index in [4.69, 9.17) is 28.4 Å². The van der Waals surface area contributed by atoms with Gasteiger partial charge in [-0.05, 0) is 64.2 Å². The quantitative estimate of drug-likeness (QED) is 0.0143. The first-order valence-electron chi connectivity index (χ1n) is 25.6. The van der Waals surface area contributed by atoms with Gasteiger partial charge in [-0.25, -0.2) is 0 Å². The maximum Gasteiger partial charge on any atom is 0.306 e. The average molecular weight is 943 g/mol. The molecule has 0 aliphatic carbocycles. The number of carbonyl (C=O) groups excluding carboxylic acids is 2. The summed E-state index contributed by atoms with van der Waals surface area (Å²) in [6, 6.07) is 0. The normalized spacial score (nSPS) is 26.4. The number of esters is 2. The van der Waals surface area contributed by atoms with Gasteiger partial charge in [-0.2, -0.15) is 0 Å². The van der Waals surface area contributed by atoms with Crippen LogP contribution in [0.4, 0.5) is 0 Å². The summed E-state index contributed by atoms with van der Waals surface area (Å²) >= 11 is 0. The van der Waals surface area contributed by atoms with Crippen LogP contribution >= 0.6 is 0 Å². The average Bonchev–Trinajstić information content (AvgIpc) is 3.31. The molecule has 0 bridgehead atoms. The van der Waals surface area contributed by atoms with Gasteiger partial charge in [0.2, 0.25) is 0 Å². The first kappa shape index (κ1) is 59.8. The number of allylic oxidation sites excluding steroid dienone is 6. The Morgan fingerprint density at radius 1 is 0.485 bits per heavy atom. The molecule has 15 heteroatoms. The highest BCUT2D eigenvalue weighted by atomic mass is 16.7. The third kappa shape index (κ3) is 26.5. The second kappa shape index (κ2) is 38.6. The topological polar surface area (TPSA) is 231 Å². The number of rotatable bonds is 39. The third-order valence-corrected chi connectivity index (χ3v) is 12.1. The molecular weight excluding hydrogens is 853 g/mol. The van der Waals surface area contributed by atoms with Crippen molar-refractivity contribution in [3.8, 4) is 0 Å². The van der Waals surface area contributed by atoms with Crippen LogP contribution in [0.15, 0.2) is 36.5 Å². The van der Waals surface area contributed by atoms with Crippen molar-refractivity contribution in [1.29, 1.82) is 0 Å². The second-order valence-electron chi connectivity index (χ2n) is 18.0. The highest BCUT2D eigenvalue weighted by molar-refractivity contribution is 5.70. The number of unbranched alkanes of at least 4 members (excludes halogenated alkanes) is 20. The largest absolute Gasteiger partial charge is 0.462 e. The Labute approximate surface area is 395 Å². The molecule has 2 heterocycles. The van der Waals surface area contributed by atoms with Crippen molar-refractivity contribution in [2.45, 2.75) is 248 Å². The van der Waals surface area contributed by atoms with E-state index >= 15 is 0 Å². The van der Waals surface area contributed by atoms with Gasteiger partial charge in [0.15, 0.2) is 18.7 Å². The monoisotopic (exact) mass is 943 g/mol. The second-order valence-corrected chi connectivity index (χ2v) is 18.0. The predicted octanol–water partition coefficient (Wildman–Crippen LogP) is 6.93. The van der Waals surface area contributed by atoms with Crippen molar-refractivity contribution in [2.24, 2.45) is 0 Å². The number of hydrogen-bond donors (Lipinski definition) is 7. The molecule has 66 heavy (non-hydrogen) atoms. The molecule has 2 aliphatic rings. The lowest BCUT2D eigenvalue weighted by Crippen LogP contribution is -2.61. The highest BCUT2D eigenvalue weighted by Gasteiger charge is 2.47. The van der Waals surface area contributed by atoms with Gasteiger partial charge in [0.1, 0.15) is 55.4 Å². The molecular formula is C51H90O15. The van der Waals surface area contributed by atoms with Crippen molar-refractivity contribution in [1.82, 2.24) is 0 Å². The summed E-state index contributed by atoms with van der Waals surface area (Å²) < 4.78 is 33.5. The highest BCUT2D eigenvalue weighted by Crippen LogP contribution is 2.26. The Hall–Kier alpha value is -2.28. The minimum Gasteiger partial charge on any atom is -0.462 e. The summed E-state index contributed by atoms with van der Waals surface area (Å²) in [6.45, 7) is 2.53. The van der Waals surface area contributed by atoms with Crippen LogP contribution in [-0.4, -0.2) is 142 Å². The van der Waals surface area contributed by atoms with Crippen LogP contribution in [0.1, 0.15) is 181 Å². The number of aliphatic hydroxyl groups is 7. The van der Waals surface area contributed by atoms with Gasteiger partial charge in [0.25, 0.3) is 0 Å². The Kier molecular flexibility index (Phi) is 35.0. The van der Waals surface area contributed by atoms with Crippen molar-refractivity contribution in [2.75, 3.05) is 26.4 Å². The minimum absolute atomic E-state index is 0.157. The lowest BCUT2D eigenvalue weighted by atomic mass is 9.98. The van der Waals surface area contributed by atoms with Crippen molar-refractivity contribution in [3.63, 3.8) is 0 Å². The molecule has 0 saturated carbocycles. The van der Waals surface area contributed by atoms with Gasteiger partial charge in [-0.15, -0.1) is 0 Å². The molecule has 7 N–H and O–H groups in total. The molecule has 0 aromatic carbocycles. The van der Waals surface area contributed by atoms with Gasteiger partial charge >= 0.3 is 11.9 Å². The summed E-state index contributed by atoms with van der Waals surface area (Å²) in [7, 11) is 0. The molecule has 0 aromatic heterocycles. The minimum atomic E-state index is -1.77. The van der Waals surface area contributed by atoms with E-state index in [0.29, 0.717) is 12.8 Å². The number of hydrogen-bond acceptors (Lipinski definition) is 15. The molecule has 2 aliphatic heterocycles. The standard InChI is InChI=1S/C51H90O15/c1-3-5-7-9-11-13-15-17-19-21-23-25-27-29-31-33-42(53)61-36-39(64-43(54)34-32-30-28-26-24-22-20-18-16-14-12-10-8-6-4-2)37-62-50-49(60)47(58)45(56)41(66-50)38-63-51-48(59)46(57)44(55)40(35-52)65-51/h13-17,19,39-41,44-52,55-60H,3-12,18,20-38H2,1-2H3/b15-13+,16-14+,19-17+/t39-,40-,41-,44+,45+,46?,47?,48?,49?,50-,51-/m1/s1. The molecule has 11 atom stereocenters. The van der Waals surface area contributed by atoms with Gasteiger partial charge in [-0.1, -0.05) is 140 Å². The van der Waals surface area contributed by atoms with E-state index in [0.717, 1.165) is 70.6 Å². The molecule has 2 rings (SSSR count). The number of aliphatic hydroxyl groups excluding tert-OH is 7. The van der Waals surface area contributed by atoms with Crippen LogP contribution in [-0.2, 0) is 38.0 Å². The molecule has 0 radical (unpaired) electrons. The SMILES string of the molecule is CCCCCC/C=C/C=C/CCCCCCCC(=O)OC[C@H](CO[C@@H]1O[C@H](CO[C@@H]2O[C@H](CO)[C@H](O)C(O)C2O)[C@H](O)C(O)C1O)OC(=O)CCCCCCCCC/C=C/CCCCCC. The molecule has 0 spiro atoms. The maximum absolute atomic E-state index is 13.0. The van der Waals surface area contributed by atoms with Gasteiger partial charge in [-0.3, -0.25) is 9.59 Å². The smallest absolute Gasteiger partial charge is 0.306 e. The molecule has 4 unspecified atom stereocenters. The zero-order valence-electron chi connectivity index (χ0n) is 40.4. The van der Waals surface area contributed by atoms with Crippen LogP contribution in [0.2, 0.25) is 0 Å². The van der Waals surface area contributed by atoms with Crippen molar-refractivity contribution < 1.29 is 73.8 Å². The summed E-state index contributed by atoms with van der Waals surface area (Å²) in [6.07, 6.45) is 23.1. The van der Waals surface area contributed by atoms with E-state index in [1.54, 1.807) is 0 Å². The first-order valence-corrected chi connectivity index (χ1v) is 25.6. The van der Waals surface area contributed by atoms with E-state index in [9.17, 15) is 45.3 Å². The van der Waals surface area contributed by atoms with Crippen LogP contribution in [0.5, 0.6) is 0 Å². The van der Waals surface area contributed by atoms with E-state index in [2.05, 4.69) is 50.3 Å². The van der Waals surface area contributed by atoms with Gasteiger partial charge in [0.05, 0.1) is 19.8 Å². The molecule has 15 nitrogen and oxygen atoms in total. The van der Waals surface area contributed by atoms with Crippen LogP contribution < -0.4 is 0 Å². The van der Waals surface area contributed by atoms with E-state index in [1.807, 2.05) is 0 Å². The summed E-state index contributed by atoms with van der Waals surface area (Å²) in [5.74, 6) is -0.947. The number of ether oxygens (including phenoxy) is 6. The Morgan fingerprint density at radius 2 is 0.909 bits per heavy atom. The lowest BCUT2D eigenvalue weighted by molar-refractivity contribution is -0.332. The van der Waals surface area contributed by atoms with Crippen LogP contribution in [0.3, 0.4) is 0 Å². The van der Waals surface area contributed by atoms with Crippen molar-refractivity contribution in [3.05, 3.63) is 36.5 Å². The third-order valence-electron chi connectivity index (χ3n) is 12.1. The van der Waals surface area contributed by atoms with Crippen LogP contribution in [0, 0.1) is 0 Å². The van der Waals surface area contributed by atoms with Crippen molar-refractivity contribution >= 4 is 11.9 Å². The predicted molar refractivity (Wildman–Crippen MR) is 252 cm³/mol. The summed E-state index contributed by atoms with van der Waals surface area (Å²) in [4.78, 5) is 25.7. The number of carbonyl (C=O) groups is 2. The van der Waals surface area contributed by atoms with Gasteiger partial charge in [0, 0.05) is 12.8 Å². The van der Waals surface area contributed by atoms with Gasteiger partial charge < -0.3 is 64.2 Å². The Balaban J connectivity index is 1.82. The molecule has 2 saturated heterocycles. The fourth-order valence-electron chi connectivity index (χ4n) is 7.85. The molecule has 0 amide bonds. The zero-order valence-corrected chi connectivity index (χ0v) is 40.4. The Bertz CT molecular complexity index is 1290.